The Morgan fingerprint density at radius 1 is 1.20 bits per heavy atom. The molecule has 1 fully saturated rings. The van der Waals surface area contributed by atoms with Crippen molar-refractivity contribution in [3.63, 3.8) is 0 Å². The Hall–Kier alpha value is -2.22. The molecule has 6 nitrogen and oxygen atoms in total. The van der Waals surface area contributed by atoms with Crippen LogP contribution in [0, 0.1) is 11.7 Å². The Morgan fingerprint density at radius 3 is 2.48 bits per heavy atom. The molecule has 1 aromatic heterocycles. The third-order valence-electron chi connectivity index (χ3n) is 4.28. The van der Waals surface area contributed by atoms with Crippen LogP contribution in [0.1, 0.15) is 25.3 Å². The lowest BCUT2D eigenvalue weighted by Crippen LogP contribution is -2.34. The first-order valence-corrected chi connectivity index (χ1v) is 9.89. The fraction of sp³-hybridized carbons (Fsp3) is 0.412. The molecule has 0 atom stereocenters. The zero-order chi connectivity index (χ0) is 17.9. The summed E-state index contributed by atoms with van der Waals surface area (Å²) in [7, 11) is -3.74. The van der Waals surface area contributed by atoms with Crippen molar-refractivity contribution >= 4 is 21.7 Å². The van der Waals surface area contributed by atoms with E-state index in [0.29, 0.717) is 11.9 Å². The second-order valence-electron chi connectivity index (χ2n) is 6.39. The van der Waals surface area contributed by atoms with Crippen LogP contribution in [-0.2, 0) is 15.8 Å². The van der Waals surface area contributed by atoms with Crippen molar-refractivity contribution < 1.29 is 12.8 Å². The van der Waals surface area contributed by atoms with E-state index in [4.69, 9.17) is 0 Å². The van der Waals surface area contributed by atoms with Crippen molar-refractivity contribution in [3.05, 3.63) is 48.0 Å². The lowest BCUT2D eigenvalue weighted by molar-refractivity contribution is 0.434. The van der Waals surface area contributed by atoms with Crippen LogP contribution in [0.4, 0.5) is 16.0 Å². The molecule has 134 valence electrons. The Labute approximate surface area is 147 Å². The van der Waals surface area contributed by atoms with Gasteiger partial charge in [0.05, 0.1) is 23.8 Å². The smallest absolute Gasteiger partial charge is 0.237 e. The van der Waals surface area contributed by atoms with Crippen LogP contribution in [0.2, 0.25) is 0 Å². The van der Waals surface area contributed by atoms with E-state index in [1.165, 1.54) is 30.6 Å². The molecule has 0 radical (unpaired) electrons. The van der Waals surface area contributed by atoms with E-state index in [1.54, 1.807) is 6.07 Å². The van der Waals surface area contributed by atoms with Gasteiger partial charge in [-0.1, -0.05) is 25.1 Å². The molecular formula is C17H21FN4O2S. The van der Waals surface area contributed by atoms with Crippen LogP contribution in [-0.4, -0.2) is 31.5 Å². The van der Waals surface area contributed by atoms with Crippen molar-refractivity contribution in [2.24, 2.45) is 5.92 Å². The number of halogens is 1. The van der Waals surface area contributed by atoms with E-state index < -0.39 is 21.6 Å². The predicted octanol–water partition coefficient (Wildman–Crippen LogP) is 2.79. The summed E-state index contributed by atoms with van der Waals surface area (Å²) in [5.41, 5.74) is 0.389. The van der Waals surface area contributed by atoms with Gasteiger partial charge in [-0.05, 0) is 24.8 Å². The molecule has 0 saturated carbocycles. The van der Waals surface area contributed by atoms with E-state index in [1.807, 2.05) is 0 Å². The molecule has 0 bridgehead atoms. The number of benzene rings is 1. The molecular weight excluding hydrogens is 343 g/mol. The summed E-state index contributed by atoms with van der Waals surface area (Å²) in [5, 5.41) is 0. The maximum atomic E-state index is 13.6. The number of hydrogen-bond donors (Lipinski definition) is 1. The number of aromatic nitrogens is 2. The third kappa shape index (κ3) is 4.66. The van der Waals surface area contributed by atoms with Gasteiger partial charge in [0.25, 0.3) is 0 Å². The molecule has 1 N–H and O–H groups in total. The van der Waals surface area contributed by atoms with Gasteiger partial charge in [0.15, 0.2) is 0 Å². The zero-order valence-corrected chi connectivity index (χ0v) is 14.8. The number of sulfonamides is 1. The second kappa shape index (κ2) is 7.35. The first-order chi connectivity index (χ1) is 11.9. The Bertz CT molecular complexity index is 819. The molecule has 3 rings (SSSR count). The summed E-state index contributed by atoms with van der Waals surface area (Å²) >= 11 is 0. The Kier molecular flexibility index (Phi) is 5.17. The minimum atomic E-state index is -3.74. The van der Waals surface area contributed by atoms with Crippen LogP contribution >= 0.6 is 0 Å². The number of nitrogens with one attached hydrogen (secondary N) is 1. The molecule has 0 spiro atoms. The van der Waals surface area contributed by atoms with Gasteiger partial charge in [0.2, 0.25) is 16.0 Å². The van der Waals surface area contributed by atoms with E-state index >= 15 is 0 Å². The minimum absolute atomic E-state index is 0.120. The average Bonchev–Trinajstić information content (AvgIpc) is 2.58. The van der Waals surface area contributed by atoms with E-state index in [2.05, 4.69) is 26.5 Å². The molecule has 1 aliphatic rings. The number of anilines is 2. The molecule has 25 heavy (non-hydrogen) atoms. The van der Waals surface area contributed by atoms with Crippen LogP contribution in [0.5, 0.6) is 0 Å². The third-order valence-corrected chi connectivity index (χ3v) is 5.52. The topological polar surface area (TPSA) is 75.2 Å². The van der Waals surface area contributed by atoms with Crippen LogP contribution < -0.4 is 9.62 Å². The van der Waals surface area contributed by atoms with Crippen molar-refractivity contribution in [1.82, 2.24) is 9.97 Å². The first-order valence-electron chi connectivity index (χ1n) is 8.24. The average molecular weight is 364 g/mol. The largest absolute Gasteiger partial charge is 0.341 e. The van der Waals surface area contributed by atoms with Gasteiger partial charge in [-0.3, -0.25) is 4.72 Å². The maximum Gasteiger partial charge on any atom is 0.237 e. The highest BCUT2D eigenvalue weighted by molar-refractivity contribution is 7.91. The minimum Gasteiger partial charge on any atom is -0.341 e. The fourth-order valence-corrected chi connectivity index (χ4v) is 3.96. The normalized spacial score (nSPS) is 16.0. The van der Waals surface area contributed by atoms with Gasteiger partial charge in [-0.2, -0.15) is 0 Å². The SMILES string of the molecule is CC1CCN(c2ncc(NS(=O)(=O)Cc3ccccc3F)cn2)CC1. The summed E-state index contributed by atoms with van der Waals surface area (Å²) in [5.74, 6) is 0.328. The van der Waals surface area contributed by atoms with Crippen molar-refractivity contribution in [1.29, 1.82) is 0 Å². The molecule has 0 aliphatic carbocycles. The summed E-state index contributed by atoms with van der Waals surface area (Å²) in [6.45, 7) is 4.03. The van der Waals surface area contributed by atoms with Gasteiger partial charge in [-0.15, -0.1) is 0 Å². The molecule has 1 aromatic carbocycles. The predicted molar refractivity (Wildman–Crippen MR) is 95.3 cm³/mol. The standard InChI is InChI=1S/C17H21FN4O2S/c1-13-6-8-22(9-7-13)17-19-10-15(11-20-17)21-25(23,24)12-14-4-2-3-5-16(14)18/h2-5,10-11,13,21H,6-9,12H2,1H3. The van der Waals surface area contributed by atoms with Crippen LogP contribution in [0.3, 0.4) is 0 Å². The summed E-state index contributed by atoms with van der Waals surface area (Å²) in [4.78, 5) is 10.6. The van der Waals surface area contributed by atoms with Crippen molar-refractivity contribution in [2.75, 3.05) is 22.7 Å². The Balaban J connectivity index is 1.65. The van der Waals surface area contributed by atoms with Crippen molar-refractivity contribution in [2.45, 2.75) is 25.5 Å². The highest BCUT2D eigenvalue weighted by atomic mass is 32.2. The summed E-state index contributed by atoms with van der Waals surface area (Å²) in [6.07, 6.45) is 5.08. The van der Waals surface area contributed by atoms with E-state index in [0.717, 1.165) is 25.9 Å². The lowest BCUT2D eigenvalue weighted by Gasteiger charge is -2.30. The van der Waals surface area contributed by atoms with Gasteiger partial charge >= 0.3 is 0 Å². The van der Waals surface area contributed by atoms with Crippen molar-refractivity contribution in [3.8, 4) is 0 Å². The Morgan fingerprint density at radius 2 is 1.84 bits per heavy atom. The van der Waals surface area contributed by atoms with Crippen LogP contribution in [0.25, 0.3) is 0 Å². The molecule has 0 unspecified atom stereocenters. The lowest BCUT2D eigenvalue weighted by atomic mass is 10.00. The molecule has 2 aromatic rings. The van der Waals surface area contributed by atoms with Crippen LogP contribution in [0.15, 0.2) is 36.7 Å². The van der Waals surface area contributed by atoms with Gasteiger partial charge in [-0.25, -0.2) is 22.8 Å². The fourth-order valence-electron chi connectivity index (χ4n) is 2.78. The van der Waals surface area contributed by atoms with E-state index in [-0.39, 0.29) is 11.3 Å². The summed E-state index contributed by atoms with van der Waals surface area (Å²) < 4.78 is 40.4. The maximum absolute atomic E-state index is 13.6. The molecule has 8 heteroatoms. The number of nitrogens with zero attached hydrogens (tertiary/aromatic N) is 3. The monoisotopic (exact) mass is 364 g/mol. The van der Waals surface area contributed by atoms with E-state index in [9.17, 15) is 12.8 Å². The molecule has 0 amide bonds. The number of hydrogen-bond acceptors (Lipinski definition) is 5. The highest BCUT2D eigenvalue weighted by Crippen LogP contribution is 2.21. The van der Waals surface area contributed by atoms with Gasteiger partial charge in [0.1, 0.15) is 5.82 Å². The number of piperidine rings is 1. The molecule has 2 heterocycles. The second-order valence-corrected chi connectivity index (χ2v) is 8.12. The van der Waals surface area contributed by atoms with Gasteiger partial charge in [0, 0.05) is 18.7 Å². The first kappa shape index (κ1) is 17.6. The molecule has 1 saturated heterocycles. The quantitative estimate of drug-likeness (QED) is 0.883. The highest BCUT2D eigenvalue weighted by Gasteiger charge is 2.19. The summed E-state index contributed by atoms with van der Waals surface area (Å²) in [6, 6.07) is 5.81. The zero-order valence-electron chi connectivity index (χ0n) is 14.0. The van der Waals surface area contributed by atoms with Gasteiger partial charge < -0.3 is 4.90 Å². The number of rotatable bonds is 5. The molecule has 1 aliphatic heterocycles.